The Kier molecular flexibility index (Phi) is 2.68. The number of oxime groups is 1. The molecule has 1 rings (SSSR count). The van der Waals surface area contributed by atoms with Crippen molar-refractivity contribution in [3.05, 3.63) is 0 Å². The van der Waals surface area contributed by atoms with Gasteiger partial charge in [0.05, 0.1) is 5.71 Å². The summed E-state index contributed by atoms with van der Waals surface area (Å²) >= 11 is 0. The van der Waals surface area contributed by atoms with Crippen molar-refractivity contribution in [3.8, 4) is 0 Å². The highest BCUT2D eigenvalue weighted by molar-refractivity contribution is 5.86. The van der Waals surface area contributed by atoms with E-state index in [0.717, 1.165) is 5.71 Å². The summed E-state index contributed by atoms with van der Waals surface area (Å²) in [6, 6.07) is 0. The van der Waals surface area contributed by atoms with Crippen molar-refractivity contribution in [3.63, 3.8) is 0 Å². The second-order valence-electron chi connectivity index (χ2n) is 6.47. The summed E-state index contributed by atoms with van der Waals surface area (Å²) < 4.78 is 0. The summed E-state index contributed by atoms with van der Waals surface area (Å²) in [7, 11) is 0. The summed E-state index contributed by atoms with van der Waals surface area (Å²) in [5.74, 6) is 0.433. The van der Waals surface area contributed by atoms with Gasteiger partial charge in [-0.1, -0.05) is 46.7 Å². The zero-order valence-corrected chi connectivity index (χ0v) is 10.5. The van der Waals surface area contributed by atoms with Crippen molar-refractivity contribution in [2.45, 2.75) is 54.6 Å². The van der Waals surface area contributed by atoms with E-state index in [4.69, 9.17) is 4.84 Å². The second kappa shape index (κ2) is 3.25. The minimum Gasteiger partial charge on any atom is -0.391 e. The van der Waals surface area contributed by atoms with Crippen LogP contribution in [0.4, 0.5) is 0 Å². The lowest BCUT2D eigenvalue weighted by Crippen LogP contribution is -2.41. The van der Waals surface area contributed by atoms with E-state index < -0.39 is 0 Å². The molecule has 0 radical (unpaired) electrons. The van der Waals surface area contributed by atoms with E-state index in [9.17, 15) is 0 Å². The van der Waals surface area contributed by atoms with Crippen LogP contribution in [-0.2, 0) is 4.84 Å². The Hall–Kier alpha value is -0.530. The van der Waals surface area contributed by atoms with Gasteiger partial charge in [-0.05, 0) is 12.3 Å². The fourth-order valence-corrected chi connectivity index (χ4v) is 2.22. The van der Waals surface area contributed by atoms with Crippen LogP contribution < -0.4 is 0 Å². The molecule has 0 fully saturated rings. The van der Waals surface area contributed by atoms with Gasteiger partial charge < -0.3 is 4.84 Å². The second-order valence-corrected chi connectivity index (χ2v) is 6.47. The van der Waals surface area contributed by atoms with Gasteiger partial charge in [-0.3, -0.25) is 0 Å². The zero-order chi connectivity index (χ0) is 11.1. The molecule has 0 spiro atoms. The summed E-state index contributed by atoms with van der Waals surface area (Å²) in [6.07, 6.45) is 0.211. The van der Waals surface area contributed by atoms with Crippen LogP contribution in [0, 0.1) is 16.7 Å². The molecule has 0 aromatic carbocycles. The molecule has 0 bridgehead atoms. The molecule has 0 saturated heterocycles. The molecule has 0 aromatic heterocycles. The lowest BCUT2D eigenvalue weighted by atomic mass is 9.68. The van der Waals surface area contributed by atoms with Crippen molar-refractivity contribution < 1.29 is 4.84 Å². The Balaban J connectivity index is 2.94. The molecule has 2 heteroatoms. The molecule has 2 unspecified atom stereocenters. The van der Waals surface area contributed by atoms with Crippen LogP contribution in [0.5, 0.6) is 0 Å². The topological polar surface area (TPSA) is 21.6 Å². The minimum atomic E-state index is 0.152. The van der Waals surface area contributed by atoms with Crippen molar-refractivity contribution in [2.24, 2.45) is 21.9 Å². The standard InChI is InChI=1S/C12H23NO/c1-8-9(11(2,3)4)10(14-13-8)12(5,6)7/h9-10H,1-7H3. The summed E-state index contributed by atoms with van der Waals surface area (Å²) in [5, 5.41) is 4.15. The monoisotopic (exact) mass is 197 g/mol. The van der Waals surface area contributed by atoms with Crippen molar-refractivity contribution >= 4 is 5.71 Å². The Morgan fingerprint density at radius 3 is 1.79 bits per heavy atom. The number of nitrogens with zero attached hydrogens (tertiary/aromatic N) is 1. The lowest BCUT2D eigenvalue weighted by Gasteiger charge is -2.36. The van der Waals surface area contributed by atoms with Crippen LogP contribution in [0.2, 0.25) is 0 Å². The Labute approximate surface area is 87.7 Å². The van der Waals surface area contributed by atoms with Crippen LogP contribution in [0.1, 0.15) is 48.5 Å². The SMILES string of the molecule is CC1=NOC(C(C)(C)C)C1C(C)(C)C. The van der Waals surface area contributed by atoms with E-state index >= 15 is 0 Å². The number of hydrogen-bond donors (Lipinski definition) is 0. The highest BCUT2D eigenvalue weighted by atomic mass is 16.6. The van der Waals surface area contributed by atoms with Crippen LogP contribution in [0.25, 0.3) is 0 Å². The van der Waals surface area contributed by atoms with E-state index in [1.165, 1.54) is 0 Å². The van der Waals surface area contributed by atoms with E-state index in [0.29, 0.717) is 5.92 Å². The molecule has 0 saturated carbocycles. The third-order valence-corrected chi connectivity index (χ3v) is 2.85. The largest absolute Gasteiger partial charge is 0.391 e. The Bertz CT molecular complexity index is 242. The molecule has 2 nitrogen and oxygen atoms in total. The zero-order valence-electron chi connectivity index (χ0n) is 10.5. The summed E-state index contributed by atoms with van der Waals surface area (Å²) in [6.45, 7) is 15.5. The molecular formula is C12H23NO. The molecule has 14 heavy (non-hydrogen) atoms. The molecule has 2 atom stereocenters. The molecule has 0 aromatic rings. The quantitative estimate of drug-likeness (QED) is 0.582. The third kappa shape index (κ3) is 2.10. The first-order chi connectivity index (χ1) is 6.14. The van der Waals surface area contributed by atoms with E-state index in [2.05, 4.69) is 53.6 Å². The van der Waals surface area contributed by atoms with Crippen LogP contribution in [-0.4, -0.2) is 11.8 Å². The molecule has 1 aliphatic heterocycles. The van der Waals surface area contributed by atoms with Gasteiger partial charge in [0, 0.05) is 11.3 Å². The van der Waals surface area contributed by atoms with Crippen LogP contribution in [0.15, 0.2) is 5.16 Å². The van der Waals surface area contributed by atoms with Crippen LogP contribution in [0.3, 0.4) is 0 Å². The van der Waals surface area contributed by atoms with Gasteiger partial charge in [-0.2, -0.15) is 0 Å². The molecule has 82 valence electrons. The Morgan fingerprint density at radius 1 is 1.00 bits per heavy atom. The minimum absolute atomic E-state index is 0.152. The first-order valence-electron chi connectivity index (χ1n) is 5.34. The summed E-state index contributed by atoms with van der Waals surface area (Å²) in [5.41, 5.74) is 1.51. The van der Waals surface area contributed by atoms with Gasteiger partial charge in [0.15, 0.2) is 0 Å². The fraction of sp³-hybridized carbons (Fsp3) is 0.917. The number of rotatable bonds is 0. The normalized spacial score (nSPS) is 28.6. The van der Waals surface area contributed by atoms with Gasteiger partial charge >= 0.3 is 0 Å². The fourth-order valence-electron chi connectivity index (χ4n) is 2.22. The van der Waals surface area contributed by atoms with Gasteiger partial charge in [0.25, 0.3) is 0 Å². The van der Waals surface area contributed by atoms with E-state index in [1.807, 2.05) is 0 Å². The predicted molar refractivity (Wildman–Crippen MR) is 60.4 cm³/mol. The highest BCUT2D eigenvalue weighted by Crippen LogP contribution is 2.42. The maximum Gasteiger partial charge on any atom is 0.140 e. The average molecular weight is 197 g/mol. The molecule has 1 aliphatic rings. The van der Waals surface area contributed by atoms with Gasteiger partial charge in [-0.15, -0.1) is 0 Å². The maximum absolute atomic E-state index is 5.56. The number of hydrogen-bond acceptors (Lipinski definition) is 2. The molecular weight excluding hydrogens is 174 g/mol. The third-order valence-electron chi connectivity index (χ3n) is 2.85. The predicted octanol–water partition coefficient (Wildman–Crippen LogP) is 3.47. The molecule has 0 aliphatic carbocycles. The maximum atomic E-state index is 5.56. The van der Waals surface area contributed by atoms with Crippen molar-refractivity contribution in [2.75, 3.05) is 0 Å². The van der Waals surface area contributed by atoms with Crippen molar-refractivity contribution in [1.82, 2.24) is 0 Å². The van der Waals surface area contributed by atoms with Gasteiger partial charge in [-0.25, -0.2) is 0 Å². The lowest BCUT2D eigenvalue weighted by molar-refractivity contribution is -0.0368. The highest BCUT2D eigenvalue weighted by Gasteiger charge is 2.45. The van der Waals surface area contributed by atoms with Crippen molar-refractivity contribution in [1.29, 1.82) is 0 Å². The Morgan fingerprint density at radius 2 is 1.50 bits per heavy atom. The molecule has 0 N–H and O–H groups in total. The average Bonchev–Trinajstić information content (AvgIpc) is 2.27. The first-order valence-corrected chi connectivity index (χ1v) is 5.34. The van der Waals surface area contributed by atoms with E-state index in [1.54, 1.807) is 0 Å². The summed E-state index contributed by atoms with van der Waals surface area (Å²) in [4.78, 5) is 5.56. The smallest absolute Gasteiger partial charge is 0.140 e. The van der Waals surface area contributed by atoms with Gasteiger partial charge in [0.2, 0.25) is 0 Å². The first kappa shape index (κ1) is 11.5. The molecule has 0 amide bonds. The molecule has 1 heterocycles. The van der Waals surface area contributed by atoms with E-state index in [-0.39, 0.29) is 16.9 Å². The van der Waals surface area contributed by atoms with Gasteiger partial charge in [0.1, 0.15) is 6.10 Å². The van der Waals surface area contributed by atoms with Crippen LogP contribution >= 0.6 is 0 Å².